The Labute approximate surface area is 164 Å². The van der Waals surface area contributed by atoms with Crippen LogP contribution in [0.25, 0.3) is 33.2 Å². The van der Waals surface area contributed by atoms with Crippen molar-refractivity contribution in [2.24, 2.45) is 0 Å². The number of nitrogens with one attached hydrogen (secondary N) is 3. The van der Waals surface area contributed by atoms with Gasteiger partial charge in [0.2, 0.25) is 0 Å². The predicted molar refractivity (Wildman–Crippen MR) is 114 cm³/mol. The molecule has 0 spiro atoms. The van der Waals surface area contributed by atoms with Gasteiger partial charge in [0.25, 0.3) is 0 Å². The Balaban J connectivity index is 1.73. The maximum Gasteiger partial charge on any atom is 0.143 e. The highest BCUT2D eigenvalue weighted by Crippen LogP contribution is 2.41. The first-order valence-corrected chi connectivity index (χ1v) is 10.1. The summed E-state index contributed by atoms with van der Waals surface area (Å²) >= 11 is 0. The molecule has 4 heterocycles. The zero-order valence-corrected chi connectivity index (χ0v) is 16.3. The van der Waals surface area contributed by atoms with E-state index in [-0.39, 0.29) is 5.75 Å². The Morgan fingerprint density at radius 1 is 1.14 bits per heavy atom. The van der Waals surface area contributed by atoms with E-state index in [2.05, 4.69) is 52.3 Å². The first-order valence-electron chi connectivity index (χ1n) is 10.1. The minimum absolute atomic E-state index is 0.238. The fraction of sp³-hybridized carbons (Fsp3) is 0.348. The van der Waals surface area contributed by atoms with Crippen molar-refractivity contribution in [1.29, 1.82) is 0 Å². The van der Waals surface area contributed by atoms with Crippen molar-refractivity contribution in [2.45, 2.75) is 38.5 Å². The predicted octanol–water partition coefficient (Wildman–Crippen LogP) is 5.01. The van der Waals surface area contributed by atoms with Crippen molar-refractivity contribution in [2.75, 3.05) is 13.1 Å². The normalized spacial score (nSPS) is 15.8. The van der Waals surface area contributed by atoms with Gasteiger partial charge >= 0.3 is 0 Å². The first kappa shape index (κ1) is 17.3. The van der Waals surface area contributed by atoms with Crippen molar-refractivity contribution >= 4 is 21.9 Å². The zero-order chi connectivity index (χ0) is 19.3. The molecule has 0 radical (unpaired) electrons. The lowest BCUT2D eigenvalue weighted by Crippen LogP contribution is -2.26. The molecule has 4 N–H and O–H groups in total. The molecule has 0 atom stereocenters. The summed E-state index contributed by atoms with van der Waals surface area (Å²) < 4.78 is 0. The monoisotopic (exact) mass is 374 g/mol. The molecule has 1 saturated heterocycles. The van der Waals surface area contributed by atoms with Gasteiger partial charge in [0.15, 0.2) is 0 Å². The van der Waals surface area contributed by atoms with E-state index in [1.54, 1.807) is 12.4 Å². The van der Waals surface area contributed by atoms with Crippen molar-refractivity contribution < 1.29 is 5.11 Å². The number of fused-ring (bicyclic) bond motifs is 2. The fourth-order valence-electron chi connectivity index (χ4n) is 4.70. The number of rotatable bonds is 3. The molecule has 1 aromatic carbocycles. The van der Waals surface area contributed by atoms with Crippen LogP contribution in [0.4, 0.5) is 0 Å². The molecule has 5 heteroatoms. The lowest BCUT2D eigenvalue weighted by Gasteiger charge is -2.23. The summed E-state index contributed by atoms with van der Waals surface area (Å²) in [5, 5.41) is 15.9. The highest BCUT2D eigenvalue weighted by molar-refractivity contribution is 6.01. The molecule has 3 aromatic heterocycles. The number of nitrogens with zero attached hydrogens (tertiary/aromatic N) is 1. The van der Waals surface area contributed by atoms with Gasteiger partial charge < -0.3 is 20.4 Å². The first-order chi connectivity index (χ1) is 13.6. The Hall–Kier alpha value is -2.79. The van der Waals surface area contributed by atoms with Gasteiger partial charge in [-0.05, 0) is 67.1 Å². The third kappa shape index (κ3) is 2.69. The van der Waals surface area contributed by atoms with Crippen molar-refractivity contribution in [1.82, 2.24) is 20.3 Å². The van der Waals surface area contributed by atoms with E-state index >= 15 is 0 Å². The Morgan fingerprint density at radius 2 is 1.96 bits per heavy atom. The second kappa shape index (κ2) is 6.67. The molecular weight excluding hydrogens is 348 g/mol. The van der Waals surface area contributed by atoms with Gasteiger partial charge in [-0.25, -0.2) is 4.98 Å². The van der Waals surface area contributed by atoms with Gasteiger partial charge in [-0.1, -0.05) is 19.9 Å². The molecule has 5 rings (SSSR count). The Morgan fingerprint density at radius 3 is 2.75 bits per heavy atom. The third-order valence-electron chi connectivity index (χ3n) is 6.07. The number of hydrogen-bond acceptors (Lipinski definition) is 3. The molecule has 28 heavy (non-hydrogen) atoms. The van der Waals surface area contributed by atoms with Crippen molar-refractivity contribution in [3.8, 4) is 17.0 Å². The quantitative estimate of drug-likeness (QED) is 0.407. The standard InChI is InChI=1S/C23H26N4O/c1-13(2)20-17-11-15(14-5-8-24-9-6-14)3-4-18(17)27-22(20)16-7-10-25-23-21(16)19(28)12-26-23/h3-4,7,10-14,24,27-28H,5-6,8-9H2,1-2H3,(H,25,26). The molecule has 0 amide bonds. The van der Waals surface area contributed by atoms with Gasteiger partial charge in [-0.3, -0.25) is 0 Å². The van der Waals surface area contributed by atoms with Crippen LogP contribution in [0.1, 0.15) is 49.7 Å². The number of aromatic amines is 2. The number of hydrogen-bond donors (Lipinski definition) is 4. The summed E-state index contributed by atoms with van der Waals surface area (Å²) in [6.45, 7) is 6.66. The number of piperidine rings is 1. The van der Waals surface area contributed by atoms with Gasteiger partial charge in [0, 0.05) is 28.9 Å². The van der Waals surface area contributed by atoms with E-state index in [1.165, 1.54) is 29.4 Å². The minimum Gasteiger partial charge on any atom is -0.506 e. The number of aromatic hydroxyl groups is 1. The maximum atomic E-state index is 10.4. The summed E-state index contributed by atoms with van der Waals surface area (Å²) in [7, 11) is 0. The molecule has 1 aliphatic rings. The van der Waals surface area contributed by atoms with Crippen LogP contribution in [0, 0.1) is 0 Å². The van der Waals surface area contributed by atoms with Crippen LogP contribution >= 0.6 is 0 Å². The summed E-state index contributed by atoms with van der Waals surface area (Å²) in [6, 6.07) is 8.87. The molecular formula is C23H26N4O. The average molecular weight is 374 g/mol. The van der Waals surface area contributed by atoms with Crippen LogP contribution < -0.4 is 5.32 Å². The lowest BCUT2D eigenvalue weighted by molar-refractivity contribution is 0.460. The second-order valence-electron chi connectivity index (χ2n) is 8.15. The molecule has 0 aliphatic carbocycles. The summed E-state index contributed by atoms with van der Waals surface area (Å²) in [5.74, 6) is 1.23. The third-order valence-corrected chi connectivity index (χ3v) is 6.07. The molecule has 4 aromatic rings. The van der Waals surface area contributed by atoms with Gasteiger partial charge in [0.05, 0.1) is 11.1 Å². The second-order valence-corrected chi connectivity index (χ2v) is 8.15. The molecule has 0 saturated carbocycles. The largest absolute Gasteiger partial charge is 0.506 e. The average Bonchev–Trinajstić information content (AvgIpc) is 3.29. The molecule has 1 aliphatic heterocycles. The van der Waals surface area contributed by atoms with Crippen LogP contribution in [0.15, 0.2) is 36.7 Å². The zero-order valence-electron chi connectivity index (χ0n) is 16.3. The van der Waals surface area contributed by atoms with Gasteiger partial charge in [0.1, 0.15) is 11.4 Å². The Bertz CT molecular complexity index is 1150. The lowest BCUT2D eigenvalue weighted by atomic mass is 9.88. The number of benzene rings is 1. The molecule has 0 unspecified atom stereocenters. The van der Waals surface area contributed by atoms with Crippen LogP contribution in [-0.4, -0.2) is 33.1 Å². The van der Waals surface area contributed by atoms with Crippen LogP contribution in [0.5, 0.6) is 5.75 Å². The highest BCUT2D eigenvalue weighted by atomic mass is 16.3. The van der Waals surface area contributed by atoms with Gasteiger partial charge in [-0.2, -0.15) is 0 Å². The fourth-order valence-corrected chi connectivity index (χ4v) is 4.70. The summed E-state index contributed by atoms with van der Waals surface area (Å²) in [6.07, 6.45) is 5.79. The van der Waals surface area contributed by atoms with Crippen LogP contribution in [0.2, 0.25) is 0 Å². The van der Waals surface area contributed by atoms with E-state index in [0.29, 0.717) is 17.5 Å². The number of H-pyrrole nitrogens is 2. The van der Waals surface area contributed by atoms with E-state index in [1.807, 2.05) is 6.07 Å². The van der Waals surface area contributed by atoms with E-state index < -0.39 is 0 Å². The molecule has 144 valence electrons. The van der Waals surface area contributed by atoms with Crippen molar-refractivity contribution in [3.63, 3.8) is 0 Å². The summed E-state index contributed by atoms with van der Waals surface area (Å²) in [5.41, 5.74) is 6.67. The van der Waals surface area contributed by atoms with Gasteiger partial charge in [-0.15, -0.1) is 0 Å². The van der Waals surface area contributed by atoms with E-state index in [9.17, 15) is 5.11 Å². The van der Waals surface area contributed by atoms with E-state index in [0.717, 1.165) is 35.2 Å². The SMILES string of the molecule is CC(C)c1c(-c2ccnc3[nH]cc(O)c23)[nH]c2ccc(C3CCNCC3)cc12. The topological polar surface area (TPSA) is 76.7 Å². The molecule has 1 fully saturated rings. The van der Waals surface area contributed by atoms with Crippen molar-refractivity contribution in [3.05, 3.63) is 47.8 Å². The minimum atomic E-state index is 0.238. The maximum absolute atomic E-state index is 10.4. The van der Waals surface area contributed by atoms with Crippen LogP contribution in [-0.2, 0) is 0 Å². The number of pyridine rings is 1. The highest BCUT2D eigenvalue weighted by Gasteiger charge is 2.22. The summed E-state index contributed by atoms with van der Waals surface area (Å²) in [4.78, 5) is 11.0. The Kier molecular flexibility index (Phi) is 4.13. The van der Waals surface area contributed by atoms with E-state index in [4.69, 9.17) is 0 Å². The molecule has 0 bridgehead atoms. The smallest absolute Gasteiger partial charge is 0.143 e. The number of aromatic nitrogens is 3. The molecule has 5 nitrogen and oxygen atoms in total. The van der Waals surface area contributed by atoms with Crippen LogP contribution in [0.3, 0.4) is 0 Å².